The molecule has 4 nitrogen and oxygen atoms in total. The summed E-state index contributed by atoms with van der Waals surface area (Å²) in [6.07, 6.45) is 3.78. The molecule has 3 heterocycles. The molecule has 0 saturated carbocycles. The van der Waals surface area contributed by atoms with Gasteiger partial charge in [-0.3, -0.25) is 14.1 Å². The number of piperidine rings is 1. The molecule has 0 aliphatic carbocycles. The maximum Gasteiger partial charge on any atom is 0.259 e. The van der Waals surface area contributed by atoms with E-state index in [9.17, 15) is 4.79 Å². The zero-order valence-electron chi connectivity index (χ0n) is 12.3. The highest BCUT2D eigenvalue weighted by molar-refractivity contribution is 7.15. The van der Waals surface area contributed by atoms with Crippen LogP contribution in [0, 0.1) is 6.92 Å². The van der Waals surface area contributed by atoms with Crippen LogP contribution in [0.5, 0.6) is 0 Å². The Bertz CT molecular complexity index is 665. The predicted molar refractivity (Wildman–Crippen MR) is 82.4 cm³/mol. The SMILES string of the molecule is Cc1csc2nc(CN3[C@@H](C)CCC[C@@H]3C)cc(=O)n12. The van der Waals surface area contributed by atoms with E-state index >= 15 is 0 Å². The monoisotopic (exact) mass is 291 g/mol. The van der Waals surface area contributed by atoms with Gasteiger partial charge < -0.3 is 0 Å². The number of rotatable bonds is 2. The van der Waals surface area contributed by atoms with Crippen LogP contribution in [-0.2, 0) is 6.54 Å². The van der Waals surface area contributed by atoms with E-state index in [2.05, 4.69) is 23.7 Å². The van der Waals surface area contributed by atoms with Crippen molar-refractivity contribution in [2.75, 3.05) is 0 Å². The Morgan fingerprint density at radius 2 is 2.05 bits per heavy atom. The number of nitrogens with zero attached hydrogens (tertiary/aromatic N) is 3. The number of fused-ring (bicyclic) bond motifs is 1. The van der Waals surface area contributed by atoms with Gasteiger partial charge in [-0.15, -0.1) is 11.3 Å². The maximum atomic E-state index is 12.2. The van der Waals surface area contributed by atoms with Crippen LogP contribution in [0.15, 0.2) is 16.2 Å². The molecule has 0 unspecified atom stereocenters. The van der Waals surface area contributed by atoms with Crippen molar-refractivity contribution in [2.24, 2.45) is 0 Å². The lowest BCUT2D eigenvalue weighted by atomic mass is 9.97. The van der Waals surface area contributed by atoms with Crippen LogP contribution in [0.3, 0.4) is 0 Å². The summed E-state index contributed by atoms with van der Waals surface area (Å²) in [5.41, 5.74) is 1.91. The fourth-order valence-electron chi connectivity index (χ4n) is 3.16. The lowest BCUT2D eigenvalue weighted by Gasteiger charge is -2.38. The summed E-state index contributed by atoms with van der Waals surface area (Å²) in [6.45, 7) is 7.28. The van der Waals surface area contributed by atoms with E-state index < -0.39 is 0 Å². The minimum atomic E-state index is 0.0427. The number of aromatic nitrogens is 2. The third-order valence-electron chi connectivity index (χ3n) is 4.35. The molecule has 1 fully saturated rings. The molecule has 5 heteroatoms. The van der Waals surface area contributed by atoms with Gasteiger partial charge in [0.25, 0.3) is 5.56 Å². The lowest BCUT2D eigenvalue weighted by molar-refractivity contribution is 0.0938. The van der Waals surface area contributed by atoms with Crippen LogP contribution in [0.4, 0.5) is 0 Å². The molecule has 2 aromatic rings. The fraction of sp³-hybridized carbons (Fsp3) is 0.600. The minimum absolute atomic E-state index is 0.0427. The summed E-state index contributed by atoms with van der Waals surface area (Å²) in [5, 5.41) is 1.99. The van der Waals surface area contributed by atoms with Gasteiger partial charge in [-0.1, -0.05) is 6.42 Å². The van der Waals surface area contributed by atoms with Crippen LogP contribution < -0.4 is 5.56 Å². The molecule has 2 atom stereocenters. The summed E-state index contributed by atoms with van der Waals surface area (Å²) in [4.78, 5) is 20.1. The molecule has 3 rings (SSSR count). The van der Waals surface area contributed by atoms with Crippen molar-refractivity contribution in [3.8, 4) is 0 Å². The van der Waals surface area contributed by atoms with Crippen LogP contribution >= 0.6 is 11.3 Å². The molecule has 1 aliphatic heterocycles. The average Bonchev–Trinajstić information content (AvgIpc) is 2.76. The van der Waals surface area contributed by atoms with Gasteiger partial charge in [0.05, 0.1) is 5.69 Å². The first-order valence-corrected chi connectivity index (χ1v) is 8.17. The normalized spacial score (nSPS) is 24.4. The molecule has 20 heavy (non-hydrogen) atoms. The topological polar surface area (TPSA) is 37.6 Å². The average molecular weight is 291 g/mol. The Hall–Kier alpha value is -1.20. The number of hydrogen-bond donors (Lipinski definition) is 0. The molecule has 0 spiro atoms. The van der Waals surface area contributed by atoms with Gasteiger partial charge in [-0.05, 0) is 33.6 Å². The molecule has 1 aliphatic rings. The van der Waals surface area contributed by atoms with Gasteiger partial charge >= 0.3 is 0 Å². The number of hydrogen-bond acceptors (Lipinski definition) is 4. The summed E-state index contributed by atoms with van der Waals surface area (Å²) in [7, 11) is 0. The van der Waals surface area contributed by atoms with Crippen LogP contribution in [-0.4, -0.2) is 26.4 Å². The van der Waals surface area contributed by atoms with Gasteiger partial charge in [-0.2, -0.15) is 0 Å². The number of likely N-dealkylation sites (tertiary alicyclic amines) is 1. The van der Waals surface area contributed by atoms with Gasteiger partial charge in [-0.25, -0.2) is 4.98 Å². The molecule has 0 amide bonds. The van der Waals surface area contributed by atoms with Crippen molar-refractivity contribution >= 4 is 16.3 Å². The fourth-order valence-corrected chi connectivity index (χ4v) is 4.05. The lowest BCUT2D eigenvalue weighted by Crippen LogP contribution is -2.43. The Kier molecular flexibility index (Phi) is 3.65. The van der Waals surface area contributed by atoms with E-state index in [0.29, 0.717) is 12.1 Å². The van der Waals surface area contributed by atoms with E-state index in [4.69, 9.17) is 0 Å². The standard InChI is InChI=1S/C15H21N3OS/c1-10-5-4-6-11(2)17(10)8-13-7-14(19)18-12(3)9-20-15(18)16-13/h7,9-11H,4-6,8H2,1-3H3/t10-,11-/m0/s1. The van der Waals surface area contributed by atoms with E-state index in [1.54, 1.807) is 10.5 Å². The quantitative estimate of drug-likeness (QED) is 0.854. The summed E-state index contributed by atoms with van der Waals surface area (Å²) in [6, 6.07) is 2.84. The third kappa shape index (κ3) is 2.40. The van der Waals surface area contributed by atoms with E-state index in [-0.39, 0.29) is 5.56 Å². The molecule has 0 aromatic carbocycles. The van der Waals surface area contributed by atoms with Crippen LogP contribution in [0.25, 0.3) is 4.96 Å². The summed E-state index contributed by atoms with van der Waals surface area (Å²) < 4.78 is 1.69. The highest BCUT2D eigenvalue weighted by Gasteiger charge is 2.25. The third-order valence-corrected chi connectivity index (χ3v) is 5.29. The largest absolute Gasteiger partial charge is 0.292 e. The Morgan fingerprint density at radius 3 is 2.75 bits per heavy atom. The summed E-state index contributed by atoms with van der Waals surface area (Å²) >= 11 is 1.54. The van der Waals surface area contributed by atoms with Crippen molar-refractivity contribution in [3.05, 3.63) is 33.2 Å². The summed E-state index contributed by atoms with van der Waals surface area (Å²) in [5.74, 6) is 0. The molecule has 1 saturated heterocycles. The van der Waals surface area contributed by atoms with Gasteiger partial charge in [0.2, 0.25) is 0 Å². The van der Waals surface area contributed by atoms with Crippen molar-refractivity contribution in [1.29, 1.82) is 0 Å². The van der Waals surface area contributed by atoms with Crippen molar-refractivity contribution in [3.63, 3.8) is 0 Å². The second-order valence-corrected chi connectivity index (χ2v) is 6.72. The zero-order valence-corrected chi connectivity index (χ0v) is 13.1. The highest BCUT2D eigenvalue weighted by atomic mass is 32.1. The Labute approximate surface area is 123 Å². The second kappa shape index (κ2) is 5.30. The molecular weight excluding hydrogens is 270 g/mol. The zero-order chi connectivity index (χ0) is 14.3. The van der Waals surface area contributed by atoms with Gasteiger partial charge in [0.1, 0.15) is 0 Å². The molecule has 2 aromatic heterocycles. The second-order valence-electron chi connectivity index (χ2n) is 5.88. The van der Waals surface area contributed by atoms with E-state index in [1.165, 1.54) is 30.6 Å². The van der Waals surface area contributed by atoms with E-state index in [0.717, 1.165) is 22.9 Å². The molecule has 0 bridgehead atoms. The van der Waals surface area contributed by atoms with Crippen LogP contribution in [0.2, 0.25) is 0 Å². The van der Waals surface area contributed by atoms with Crippen molar-refractivity contribution < 1.29 is 0 Å². The van der Waals surface area contributed by atoms with Gasteiger partial charge in [0, 0.05) is 35.8 Å². The first-order valence-electron chi connectivity index (χ1n) is 7.29. The predicted octanol–water partition coefficient (Wildman–Crippen LogP) is 2.83. The number of aryl methyl sites for hydroxylation is 1. The first-order chi connectivity index (χ1) is 9.56. The smallest absolute Gasteiger partial charge is 0.259 e. The van der Waals surface area contributed by atoms with Crippen molar-refractivity contribution in [2.45, 2.75) is 58.7 Å². The molecule has 0 radical (unpaired) electrons. The van der Waals surface area contributed by atoms with E-state index in [1.807, 2.05) is 12.3 Å². The minimum Gasteiger partial charge on any atom is -0.292 e. The maximum absolute atomic E-state index is 12.2. The molecular formula is C15H21N3OS. The Balaban J connectivity index is 1.92. The molecule has 0 N–H and O–H groups in total. The molecule has 108 valence electrons. The highest BCUT2D eigenvalue weighted by Crippen LogP contribution is 2.24. The Morgan fingerprint density at radius 1 is 1.35 bits per heavy atom. The van der Waals surface area contributed by atoms with Crippen molar-refractivity contribution in [1.82, 2.24) is 14.3 Å². The van der Waals surface area contributed by atoms with Crippen LogP contribution in [0.1, 0.15) is 44.5 Å². The first kappa shape index (κ1) is 13.8. The van der Waals surface area contributed by atoms with Gasteiger partial charge in [0.15, 0.2) is 4.96 Å². The number of thiazole rings is 1.